The summed E-state index contributed by atoms with van der Waals surface area (Å²) in [5.74, 6) is 0.912. The zero-order chi connectivity index (χ0) is 23.7. The van der Waals surface area contributed by atoms with Crippen molar-refractivity contribution >= 4 is 28.8 Å². The third-order valence-electron chi connectivity index (χ3n) is 6.61. The lowest BCUT2D eigenvalue weighted by Crippen LogP contribution is -2.65. The third kappa shape index (κ3) is 4.49. The molecule has 0 bridgehead atoms. The van der Waals surface area contributed by atoms with E-state index in [4.69, 9.17) is 9.84 Å². The van der Waals surface area contributed by atoms with Crippen LogP contribution in [-0.4, -0.2) is 58.6 Å². The quantitative estimate of drug-likeness (QED) is 0.455. The Morgan fingerprint density at radius 2 is 2.09 bits per heavy atom. The largest absolute Gasteiger partial charge is 0.497 e. The van der Waals surface area contributed by atoms with Crippen molar-refractivity contribution in [3.05, 3.63) is 29.5 Å². The first-order chi connectivity index (χ1) is 15.8. The van der Waals surface area contributed by atoms with Gasteiger partial charge in [-0.05, 0) is 49.3 Å². The van der Waals surface area contributed by atoms with Crippen LogP contribution in [0.15, 0.2) is 18.2 Å². The molecule has 9 heteroatoms. The maximum atomic E-state index is 13.6. The van der Waals surface area contributed by atoms with E-state index in [-0.39, 0.29) is 17.9 Å². The van der Waals surface area contributed by atoms with E-state index in [1.165, 1.54) is 0 Å². The van der Waals surface area contributed by atoms with Gasteiger partial charge in [-0.2, -0.15) is 0 Å². The van der Waals surface area contributed by atoms with Gasteiger partial charge in [0.15, 0.2) is 0 Å². The van der Waals surface area contributed by atoms with Crippen LogP contribution in [0.2, 0.25) is 0 Å². The number of carbonyl (C=O) groups excluding carboxylic acids is 2. The van der Waals surface area contributed by atoms with Crippen molar-refractivity contribution in [1.82, 2.24) is 20.5 Å². The molecule has 2 aromatic rings. The summed E-state index contributed by atoms with van der Waals surface area (Å²) in [5, 5.41) is 15.0. The average molecular weight is 457 g/mol. The summed E-state index contributed by atoms with van der Waals surface area (Å²) in [6.45, 7) is 4.57. The Morgan fingerprint density at radius 3 is 2.79 bits per heavy atom. The second-order valence-corrected chi connectivity index (χ2v) is 9.33. The van der Waals surface area contributed by atoms with E-state index in [1.807, 2.05) is 18.2 Å². The molecule has 0 aliphatic carbocycles. The Balaban J connectivity index is 1.62. The van der Waals surface area contributed by atoms with Crippen LogP contribution in [0.1, 0.15) is 56.8 Å². The number of carboxylic acid groups (broad SMARTS) is 1. The van der Waals surface area contributed by atoms with E-state index in [0.29, 0.717) is 38.1 Å². The molecule has 0 unspecified atom stereocenters. The van der Waals surface area contributed by atoms with Gasteiger partial charge in [0.2, 0.25) is 11.8 Å². The molecule has 33 heavy (non-hydrogen) atoms. The number of aromatic nitrogens is 1. The molecule has 3 atom stereocenters. The highest BCUT2D eigenvalue weighted by molar-refractivity contribution is 5.99. The topological polar surface area (TPSA) is 124 Å². The number of fused-ring (bicyclic) bond motifs is 4. The predicted octanol–water partition coefficient (Wildman–Crippen LogP) is 2.95. The number of carbonyl (C=O) groups is 3. The summed E-state index contributed by atoms with van der Waals surface area (Å²) in [5.41, 5.74) is 3.06. The van der Waals surface area contributed by atoms with Crippen molar-refractivity contribution in [3.63, 3.8) is 0 Å². The molecule has 178 valence electrons. The van der Waals surface area contributed by atoms with Crippen LogP contribution < -0.4 is 15.4 Å². The zero-order valence-corrected chi connectivity index (χ0v) is 19.3. The summed E-state index contributed by atoms with van der Waals surface area (Å²) < 4.78 is 5.37. The van der Waals surface area contributed by atoms with Crippen molar-refractivity contribution in [1.29, 1.82) is 0 Å². The third-order valence-corrected chi connectivity index (χ3v) is 6.61. The molecule has 4 N–H and O–H groups in total. The fraction of sp³-hybridized carbons (Fsp3) is 0.542. The second-order valence-electron chi connectivity index (χ2n) is 9.33. The Bertz CT molecular complexity index is 1060. The lowest BCUT2D eigenvalue weighted by molar-refractivity contribution is -0.154. The summed E-state index contributed by atoms with van der Waals surface area (Å²) >= 11 is 0. The number of piperazine rings is 1. The molecule has 1 saturated heterocycles. The van der Waals surface area contributed by atoms with Crippen LogP contribution in [0.5, 0.6) is 5.75 Å². The van der Waals surface area contributed by atoms with Gasteiger partial charge in [-0.15, -0.1) is 0 Å². The monoisotopic (exact) mass is 456 g/mol. The minimum atomic E-state index is -1.06. The second kappa shape index (κ2) is 9.33. The maximum Gasteiger partial charge on any atom is 0.404 e. The van der Waals surface area contributed by atoms with Gasteiger partial charge in [0.1, 0.15) is 17.8 Å². The average Bonchev–Trinajstić information content (AvgIpc) is 3.13. The molecular formula is C24H32N4O5. The SMILES string of the molecule is COc1ccc2c3c([nH]c2c1)[C@H](CC(C)C)N1C(=O)[C@H](CCCCNC(=O)O)NC(=O)[C@@H]1C3. The van der Waals surface area contributed by atoms with Crippen molar-refractivity contribution in [2.45, 2.75) is 64.1 Å². The molecule has 3 amide bonds. The lowest BCUT2D eigenvalue weighted by Gasteiger charge is -2.47. The first kappa shape index (κ1) is 22.9. The van der Waals surface area contributed by atoms with Gasteiger partial charge in [0, 0.05) is 35.6 Å². The fourth-order valence-electron chi connectivity index (χ4n) is 5.11. The fourth-order valence-corrected chi connectivity index (χ4v) is 5.11. The molecule has 4 rings (SSSR count). The summed E-state index contributed by atoms with van der Waals surface area (Å²) in [7, 11) is 1.63. The minimum absolute atomic E-state index is 0.0571. The van der Waals surface area contributed by atoms with E-state index in [9.17, 15) is 14.4 Å². The normalized spacial score (nSPS) is 22.2. The summed E-state index contributed by atoms with van der Waals surface area (Å²) in [6.07, 6.45) is 1.91. The number of unbranched alkanes of at least 4 members (excludes halogenated alkanes) is 1. The van der Waals surface area contributed by atoms with Crippen molar-refractivity contribution in [2.24, 2.45) is 5.92 Å². The molecule has 1 aromatic carbocycles. The number of hydrogen-bond donors (Lipinski definition) is 4. The number of methoxy groups -OCH3 is 1. The van der Waals surface area contributed by atoms with Crippen LogP contribution in [-0.2, 0) is 16.0 Å². The maximum absolute atomic E-state index is 13.6. The van der Waals surface area contributed by atoms with Gasteiger partial charge >= 0.3 is 6.09 Å². The van der Waals surface area contributed by atoms with E-state index in [2.05, 4.69) is 29.5 Å². The van der Waals surface area contributed by atoms with E-state index in [1.54, 1.807) is 12.0 Å². The van der Waals surface area contributed by atoms with Gasteiger partial charge < -0.3 is 30.4 Å². The standard InChI is InChI=1S/C24H32N4O5/c1-13(2)10-19-21-16(15-8-7-14(33-3)11-18(15)26-21)12-20-22(29)27-17(23(30)28(19)20)6-4-5-9-25-24(31)32/h7-8,11,13,17,19-20,25-26H,4-6,9-10,12H2,1-3H3,(H,27,29)(H,31,32)/t17-,19-,20-/m0/s1. The number of ether oxygens (including phenoxy) is 1. The van der Waals surface area contributed by atoms with Crippen LogP contribution in [0.3, 0.4) is 0 Å². The molecule has 0 radical (unpaired) electrons. The molecule has 0 spiro atoms. The highest BCUT2D eigenvalue weighted by Gasteiger charge is 2.48. The van der Waals surface area contributed by atoms with Gasteiger partial charge in [-0.3, -0.25) is 9.59 Å². The number of nitrogens with one attached hydrogen (secondary N) is 3. The molecule has 1 fully saturated rings. The zero-order valence-electron chi connectivity index (χ0n) is 19.3. The van der Waals surface area contributed by atoms with Crippen LogP contribution >= 0.6 is 0 Å². The van der Waals surface area contributed by atoms with E-state index < -0.39 is 18.2 Å². The van der Waals surface area contributed by atoms with Gasteiger partial charge in [-0.1, -0.05) is 13.8 Å². The lowest BCUT2D eigenvalue weighted by atomic mass is 9.85. The molecule has 9 nitrogen and oxygen atoms in total. The Hall–Kier alpha value is -3.23. The molecule has 0 saturated carbocycles. The van der Waals surface area contributed by atoms with Gasteiger partial charge in [0.05, 0.1) is 13.2 Å². The summed E-state index contributed by atoms with van der Waals surface area (Å²) in [6, 6.07) is 4.57. The predicted molar refractivity (Wildman–Crippen MR) is 123 cm³/mol. The first-order valence-corrected chi connectivity index (χ1v) is 11.6. The molecule has 2 aliphatic heterocycles. The van der Waals surface area contributed by atoms with E-state index in [0.717, 1.165) is 34.3 Å². The molecule has 2 aliphatic rings. The van der Waals surface area contributed by atoms with Crippen LogP contribution in [0.4, 0.5) is 4.79 Å². The highest BCUT2D eigenvalue weighted by Crippen LogP contribution is 2.42. The Kier molecular flexibility index (Phi) is 6.49. The van der Waals surface area contributed by atoms with Crippen LogP contribution in [0.25, 0.3) is 10.9 Å². The molecule has 3 heterocycles. The number of nitrogens with zero attached hydrogens (tertiary/aromatic N) is 1. The van der Waals surface area contributed by atoms with Crippen LogP contribution in [0, 0.1) is 5.92 Å². The van der Waals surface area contributed by atoms with Crippen molar-refractivity contribution in [3.8, 4) is 5.75 Å². The first-order valence-electron chi connectivity index (χ1n) is 11.6. The van der Waals surface area contributed by atoms with Crippen molar-refractivity contribution < 1.29 is 24.2 Å². The molecular weight excluding hydrogens is 424 g/mol. The smallest absolute Gasteiger partial charge is 0.404 e. The highest BCUT2D eigenvalue weighted by atomic mass is 16.5. The minimum Gasteiger partial charge on any atom is -0.497 e. The Morgan fingerprint density at radius 1 is 1.30 bits per heavy atom. The number of H-pyrrole nitrogens is 1. The number of rotatable bonds is 8. The number of aromatic amines is 1. The number of amides is 3. The van der Waals surface area contributed by atoms with Gasteiger partial charge in [0.25, 0.3) is 0 Å². The summed E-state index contributed by atoms with van der Waals surface area (Å²) in [4.78, 5) is 42.6. The Labute approximate surface area is 192 Å². The number of benzene rings is 1. The number of hydrogen-bond acceptors (Lipinski definition) is 4. The van der Waals surface area contributed by atoms with E-state index >= 15 is 0 Å². The van der Waals surface area contributed by atoms with Crippen molar-refractivity contribution in [2.75, 3.05) is 13.7 Å². The van der Waals surface area contributed by atoms with Gasteiger partial charge in [-0.25, -0.2) is 4.79 Å². The molecule has 1 aromatic heterocycles.